The van der Waals surface area contributed by atoms with Gasteiger partial charge in [-0.05, 0) is 97.0 Å². The Morgan fingerprint density at radius 1 is 0.969 bits per heavy atom. The molecule has 0 atom stereocenters. The SMILES string of the molecule is COC(=O)Cc1c(C)c(B2OC(C)(C)C(C)(C)O2)c(C)c(N(C)C(=O)OC(C)(C)C)c1C. The van der Waals surface area contributed by atoms with Crippen LogP contribution in [0.15, 0.2) is 0 Å². The molecule has 32 heavy (non-hydrogen) atoms. The fraction of sp³-hybridized carbons (Fsp3) is 0.667. The van der Waals surface area contributed by atoms with Crippen molar-refractivity contribution in [1.82, 2.24) is 0 Å². The number of rotatable bonds is 4. The third-order valence-electron chi connectivity index (χ3n) is 6.46. The fourth-order valence-electron chi connectivity index (χ4n) is 4.00. The van der Waals surface area contributed by atoms with Crippen LogP contribution >= 0.6 is 0 Å². The lowest BCUT2D eigenvalue weighted by Crippen LogP contribution is -2.42. The van der Waals surface area contributed by atoms with Gasteiger partial charge in [0.15, 0.2) is 0 Å². The van der Waals surface area contributed by atoms with Crippen LogP contribution in [-0.4, -0.2) is 50.1 Å². The lowest BCUT2D eigenvalue weighted by atomic mass is 9.70. The second-order valence-corrected chi connectivity index (χ2v) is 10.5. The molecular formula is C24H38BNO6. The van der Waals surface area contributed by atoms with Crippen molar-refractivity contribution in [2.24, 2.45) is 0 Å². The monoisotopic (exact) mass is 447 g/mol. The first-order chi connectivity index (χ1) is 14.4. The minimum atomic E-state index is -0.638. The lowest BCUT2D eigenvalue weighted by molar-refractivity contribution is -0.139. The van der Waals surface area contributed by atoms with Gasteiger partial charge in [-0.2, -0.15) is 0 Å². The lowest BCUT2D eigenvalue weighted by Gasteiger charge is -2.32. The molecule has 8 heteroatoms. The van der Waals surface area contributed by atoms with Crippen LogP contribution < -0.4 is 10.4 Å². The first-order valence-electron chi connectivity index (χ1n) is 10.9. The summed E-state index contributed by atoms with van der Waals surface area (Å²) in [5.41, 5.74) is 3.15. The molecule has 0 bridgehead atoms. The molecule has 0 unspecified atom stereocenters. The first-order valence-corrected chi connectivity index (χ1v) is 10.9. The van der Waals surface area contributed by atoms with E-state index >= 15 is 0 Å². The Bertz CT molecular complexity index is 900. The van der Waals surface area contributed by atoms with Crippen LogP contribution in [0, 0.1) is 20.8 Å². The van der Waals surface area contributed by atoms with E-state index in [1.807, 2.05) is 69.2 Å². The second-order valence-electron chi connectivity index (χ2n) is 10.5. The van der Waals surface area contributed by atoms with Crippen LogP contribution in [-0.2, 0) is 30.0 Å². The van der Waals surface area contributed by atoms with Crippen molar-refractivity contribution >= 4 is 30.3 Å². The molecule has 178 valence electrons. The van der Waals surface area contributed by atoms with Gasteiger partial charge in [-0.15, -0.1) is 0 Å². The Hall–Kier alpha value is -2.06. The molecule has 0 aromatic heterocycles. The number of nitrogens with zero attached hydrogens (tertiary/aromatic N) is 1. The number of amides is 1. The van der Waals surface area contributed by atoms with Crippen molar-refractivity contribution in [3.63, 3.8) is 0 Å². The Morgan fingerprint density at radius 2 is 1.47 bits per heavy atom. The van der Waals surface area contributed by atoms with Gasteiger partial charge in [0.2, 0.25) is 0 Å². The maximum atomic E-state index is 12.9. The van der Waals surface area contributed by atoms with Crippen LogP contribution in [0.25, 0.3) is 0 Å². The van der Waals surface area contributed by atoms with Crippen molar-refractivity contribution < 1.29 is 28.4 Å². The minimum Gasteiger partial charge on any atom is -0.469 e. The molecule has 7 nitrogen and oxygen atoms in total. The number of ether oxygens (including phenoxy) is 2. The number of methoxy groups -OCH3 is 1. The third kappa shape index (κ3) is 4.96. The Kier molecular flexibility index (Phi) is 7.13. The van der Waals surface area contributed by atoms with Gasteiger partial charge < -0.3 is 18.8 Å². The Morgan fingerprint density at radius 3 is 1.91 bits per heavy atom. The van der Waals surface area contributed by atoms with E-state index in [1.54, 1.807) is 7.05 Å². The quantitative estimate of drug-likeness (QED) is 0.513. The molecule has 0 N–H and O–H groups in total. The van der Waals surface area contributed by atoms with E-state index < -0.39 is 30.0 Å². The van der Waals surface area contributed by atoms with Crippen LogP contribution in [0.1, 0.15) is 70.7 Å². The van der Waals surface area contributed by atoms with Gasteiger partial charge in [-0.25, -0.2) is 4.79 Å². The molecular weight excluding hydrogens is 409 g/mol. The summed E-state index contributed by atoms with van der Waals surface area (Å²) < 4.78 is 23.2. The molecule has 1 heterocycles. The average molecular weight is 447 g/mol. The van der Waals surface area contributed by atoms with E-state index in [9.17, 15) is 9.59 Å². The fourth-order valence-corrected chi connectivity index (χ4v) is 4.00. The Labute approximate surface area is 192 Å². The van der Waals surface area contributed by atoms with Crippen molar-refractivity contribution in [3.05, 3.63) is 22.3 Å². The third-order valence-corrected chi connectivity index (χ3v) is 6.46. The zero-order valence-electron chi connectivity index (χ0n) is 21.7. The minimum absolute atomic E-state index is 0.0795. The summed E-state index contributed by atoms with van der Waals surface area (Å²) in [7, 11) is 2.40. The molecule has 0 saturated carbocycles. The molecule has 1 saturated heterocycles. The number of esters is 1. The molecule has 0 aliphatic carbocycles. The molecule has 1 fully saturated rings. The van der Waals surface area contributed by atoms with E-state index in [-0.39, 0.29) is 12.4 Å². The predicted octanol–water partition coefficient (Wildman–Crippen LogP) is 4.00. The highest BCUT2D eigenvalue weighted by Gasteiger charge is 2.53. The summed E-state index contributed by atoms with van der Waals surface area (Å²) in [6, 6.07) is 0. The van der Waals surface area contributed by atoms with Crippen LogP contribution in [0.4, 0.5) is 10.5 Å². The number of carbonyl (C=O) groups excluding carboxylic acids is 2. The zero-order valence-corrected chi connectivity index (χ0v) is 21.7. The van der Waals surface area contributed by atoms with Crippen molar-refractivity contribution in [2.75, 3.05) is 19.1 Å². The maximum absolute atomic E-state index is 12.9. The number of hydrogen-bond donors (Lipinski definition) is 0. The maximum Gasteiger partial charge on any atom is 0.495 e. The van der Waals surface area contributed by atoms with E-state index in [4.69, 9.17) is 18.8 Å². The van der Waals surface area contributed by atoms with Crippen molar-refractivity contribution in [2.45, 2.75) is 92.5 Å². The first kappa shape index (κ1) is 26.2. The van der Waals surface area contributed by atoms with Gasteiger partial charge >= 0.3 is 19.2 Å². The predicted molar refractivity (Wildman–Crippen MR) is 127 cm³/mol. The number of anilines is 1. The molecule has 2 rings (SSSR count). The van der Waals surface area contributed by atoms with Crippen LogP contribution in [0.2, 0.25) is 0 Å². The molecule has 0 radical (unpaired) electrons. The van der Waals surface area contributed by atoms with E-state index in [1.165, 1.54) is 12.0 Å². The van der Waals surface area contributed by atoms with Gasteiger partial charge in [0.05, 0.1) is 30.4 Å². The average Bonchev–Trinajstić information content (AvgIpc) is 2.83. The standard InChI is InChI=1S/C24H38BNO6/c1-14-17(13-18(27)29-12)15(2)20(26(11)21(28)30-22(4,5)6)16(3)19(14)25-31-23(7,8)24(9,10)32-25/h13H2,1-12H3. The molecule has 1 amide bonds. The van der Waals surface area contributed by atoms with E-state index in [2.05, 4.69) is 0 Å². The van der Waals surface area contributed by atoms with Gasteiger partial charge in [-0.3, -0.25) is 9.69 Å². The van der Waals surface area contributed by atoms with Gasteiger partial charge in [-0.1, -0.05) is 0 Å². The van der Waals surface area contributed by atoms with Gasteiger partial charge in [0.25, 0.3) is 0 Å². The smallest absolute Gasteiger partial charge is 0.469 e. The number of benzene rings is 1. The van der Waals surface area contributed by atoms with Crippen LogP contribution in [0.5, 0.6) is 0 Å². The highest BCUT2D eigenvalue weighted by molar-refractivity contribution is 6.63. The number of carbonyl (C=O) groups is 2. The zero-order chi connectivity index (χ0) is 24.8. The largest absolute Gasteiger partial charge is 0.495 e. The van der Waals surface area contributed by atoms with E-state index in [0.717, 1.165) is 27.7 Å². The summed E-state index contributed by atoms with van der Waals surface area (Å²) in [5, 5.41) is 0. The van der Waals surface area contributed by atoms with E-state index in [0.29, 0.717) is 5.69 Å². The Balaban J connectivity index is 2.72. The van der Waals surface area contributed by atoms with Crippen LogP contribution in [0.3, 0.4) is 0 Å². The topological polar surface area (TPSA) is 74.3 Å². The summed E-state index contributed by atoms with van der Waals surface area (Å²) in [6.07, 6.45) is -0.396. The van der Waals surface area contributed by atoms with Crippen molar-refractivity contribution in [3.8, 4) is 0 Å². The summed E-state index contributed by atoms with van der Waals surface area (Å²) in [6.45, 7) is 19.3. The van der Waals surface area contributed by atoms with Gasteiger partial charge in [0, 0.05) is 7.05 Å². The summed E-state index contributed by atoms with van der Waals surface area (Å²) in [4.78, 5) is 26.6. The highest BCUT2D eigenvalue weighted by Crippen LogP contribution is 2.39. The molecule has 1 aliphatic heterocycles. The van der Waals surface area contributed by atoms with Gasteiger partial charge in [0.1, 0.15) is 5.60 Å². The molecule has 1 aliphatic rings. The normalized spacial score (nSPS) is 17.3. The molecule has 1 aromatic carbocycles. The molecule has 0 spiro atoms. The highest BCUT2D eigenvalue weighted by atomic mass is 16.7. The number of hydrogen-bond acceptors (Lipinski definition) is 6. The summed E-state index contributed by atoms with van der Waals surface area (Å²) in [5.74, 6) is -0.356. The van der Waals surface area contributed by atoms with Crippen molar-refractivity contribution in [1.29, 1.82) is 0 Å². The molecule has 1 aromatic rings. The summed E-state index contributed by atoms with van der Waals surface area (Å²) >= 11 is 0. The second kappa shape index (κ2) is 8.71.